The van der Waals surface area contributed by atoms with Crippen molar-refractivity contribution in [1.82, 2.24) is 9.55 Å². The van der Waals surface area contributed by atoms with Gasteiger partial charge in [-0.2, -0.15) is 0 Å². The molecule has 0 saturated heterocycles. The topological polar surface area (TPSA) is 67.2 Å². The Kier molecular flexibility index (Phi) is 6.88. The Bertz CT molecular complexity index is 1120. The van der Waals surface area contributed by atoms with Crippen molar-refractivity contribution in [2.75, 3.05) is 22.5 Å². The average molecular weight is 445 g/mol. The summed E-state index contributed by atoms with van der Waals surface area (Å²) < 4.78 is 1.53. The maximum atomic E-state index is 12.7. The van der Waals surface area contributed by atoms with Crippen molar-refractivity contribution in [3.8, 4) is 0 Å². The van der Waals surface area contributed by atoms with Crippen LogP contribution in [0.3, 0.4) is 0 Å². The Morgan fingerprint density at radius 2 is 1.93 bits per heavy atom. The Labute approximate surface area is 185 Å². The molecule has 0 saturated carbocycles. The third kappa shape index (κ3) is 4.54. The molecule has 0 fully saturated rings. The van der Waals surface area contributed by atoms with Gasteiger partial charge in [0.25, 0.3) is 5.56 Å². The maximum Gasteiger partial charge on any atom is 0.262 e. The highest BCUT2D eigenvalue weighted by Crippen LogP contribution is 2.28. The summed E-state index contributed by atoms with van der Waals surface area (Å²) in [5.41, 5.74) is 2.81. The van der Waals surface area contributed by atoms with Crippen LogP contribution in [0.15, 0.2) is 34.2 Å². The van der Waals surface area contributed by atoms with Crippen molar-refractivity contribution in [2.45, 2.75) is 45.8 Å². The number of aryl methyl sites for hydroxylation is 2. The molecule has 1 amide bonds. The molecule has 1 aromatic carbocycles. The van der Waals surface area contributed by atoms with E-state index in [4.69, 9.17) is 0 Å². The number of anilines is 2. The Morgan fingerprint density at radius 3 is 2.53 bits per heavy atom. The Morgan fingerprint density at radius 1 is 1.27 bits per heavy atom. The zero-order valence-electron chi connectivity index (χ0n) is 18.3. The van der Waals surface area contributed by atoms with E-state index in [0.717, 1.165) is 33.2 Å². The minimum absolute atomic E-state index is 0.0639. The van der Waals surface area contributed by atoms with Crippen molar-refractivity contribution in [3.05, 3.63) is 45.1 Å². The third-order valence-electron chi connectivity index (χ3n) is 5.15. The van der Waals surface area contributed by atoms with Gasteiger partial charge in [-0.1, -0.05) is 11.8 Å². The largest absolute Gasteiger partial charge is 0.369 e. The zero-order chi connectivity index (χ0) is 22.0. The van der Waals surface area contributed by atoms with Crippen LogP contribution in [-0.2, 0) is 11.8 Å². The first kappa shape index (κ1) is 22.4. The lowest BCUT2D eigenvalue weighted by Crippen LogP contribution is -2.30. The first-order valence-electron chi connectivity index (χ1n) is 9.99. The summed E-state index contributed by atoms with van der Waals surface area (Å²) in [6.07, 6.45) is 0. The summed E-state index contributed by atoms with van der Waals surface area (Å²) in [5.74, 6) is 0.0566. The van der Waals surface area contributed by atoms with Gasteiger partial charge in [0.2, 0.25) is 5.91 Å². The van der Waals surface area contributed by atoms with Gasteiger partial charge in [0.05, 0.1) is 11.1 Å². The fourth-order valence-electron chi connectivity index (χ4n) is 3.39. The summed E-state index contributed by atoms with van der Waals surface area (Å²) in [6, 6.07) is 8.29. The smallest absolute Gasteiger partial charge is 0.262 e. The molecular formula is C22H28N4O2S2. The molecule has 2 heterocycles. The summed E-state index contributed by atoms with van der Waals surface area (Å²) in [7, 11) is 1.70. The first-order valence-corrected chi connectivity index (χ1v) is 11.8. The van der Waals surface area contributed by atoms with E-state index in [0.29, 0.717) is 16.6 Å². The second-order valence-corrected chi connectivity index (χ2v) is 9.63. The summed E-state index contributed by atoms with van der Waals surface area (Å²) in [5, 5.41) is 4.15. The van der Waals surface area contributed by atoms with Crippen molar-refractivity contribution < 1.29 is 4.79 Å². The molecule has 3 aromatic rings. The minimum Gasteiger partial charge on any atom is -0.369 e. The Balaban J connectivity index is 1.68. The lowest BCUT2D eigenvalue weighted by molar-refractivity contribution is -0.113. The van der Waals surface area contributed by atoms with Crippen LogP contribution in [0.1, 0.15) is 31.2 Å². The zero-order valence-corrected chi connectivity index (χ0v) is 19.9. The number of benzene rings is 1. The molecule has 0 bridgehead atoms. The van der Waals surface area contributed by atoms with Gasteiger partial charge in [-0.05, 0) is 64.4 Å². The second-order valence-electron chi connectivity index (χ2n) is 7.49. The van der Waals surface area contributed by atoms with Crippen molar-refractivity contribution in [2.24, 2.45) is 7.05 Å². The molecule has 30 heavy (non-hydrogen) atoms. The number of hydrogen-bond donors (Lipinski definition) is 1. The van der Waals surface area contributed by atoms with Crippen LogP contribution in [0.5, 0.6) is 0 Å². The highest BCUT2D eigenvalue weighted by Gasteiger charge is 2.16. The predicted octanol–water partition coefficient (Wildman–Crippen LogP) is 4.58. The highest BCUT2D eigenvalue weighted by molar-refractivity contribution is 7.99. The van der Waals surface area contributed by atoms with Crippen molar-refractivity contribution >= 4 is 50.6 Å². The van der Waals surface area contributed by atoms with Gasteiger partial charge in [0, 0.05) is 35.9 Å². The minimum atomic E-state index is -0.128. The number of rotatable bonds is 7. The van der Waals surface area contributed by atoms with Crippen LogP contribution in [0, 0.1) is 13.8 Å². The molecule has 0 unspecified atom stereocenters. The van der Waals surface area contributed by atoms with E-state index in [9.17, 15) is 9.59 Å². The molecule has 0 aliphatic heterocycles. The number of fused-ring (bicyclic) bond motifs is 1. The van der Waals surface area contributed by atoms with Gasteiger partial charge in [0.1, 0.15) is 4.83 Å². The third-order valence-corrected chi connectivity index (χ3v) is 7.28. The molecular weight excluding hydrogens is 416 g/mol. The number of thioether (sulfide) groups is 1. The average Bonchev–Trinajstić information content (AvgIpc) is 2.99. The van der Waals surface area contributed by atoms with E-state index in [1.165, 1.54) is 27.7 Å². The Hall–Kier alpha value is -2.32. The quantitative estimate of drug-likeness (QED) is 0.427. The fourth-order valence-corrected chi connectivity index (χ4v) is 5.24. The highest BCUT2D eigenvalue weighted by atomic mass is 32.2. The van der Waals surface area contributed by atoms with Gasteiger partial charge < -0.3 is 10.2 Å². The molecule has 6 nitrogen and oxygen atoms in total. The summed E-state index contributed by atoms with van der Waals surface area (Å²) in [4.78, 5) is 33.9. The van der Waals surface area contributed by atoms with Crippen LogP contribution in [-0.4, -0.2) is 33.8 Å². The molecule has 0 spiro atoms. The summed E-state index contributed by atoms with van der Waals surface area (Å²) >= 11 is 2.79. The molecule has 0 aliphatic carbocycles. The van der Waals surface area contributed by atoms with E-state index in [1.54, 1.807) is 7.05 Å². The van der Waals surface area contributed by atoms with Gasteiger partial charge >= 0.3 is 0 Å². The summed E-state index contributed by atoms with van der Waals surface area (Å²) in [6.45, 7) is 11.3. The number of aromatic nitrogens is 2. The monoisotopic (exact) mass is 444 g/mol. The number of hydrogen-bond acceptors (Lipinski definition) is 6. The normalized spacial score (nSPS) is 11.3. The predicted molar refractivity (Wildman–Crippen MR) is 128 cm³/mol. The molecule has 2 aromatic heterocycles. The lowest BCUT2D eigenvalue weighted by Gasteiger charge is -2.27. The number of amides is 1. The molecule has 0 atom stereocenters. The number of carbonyl (C=O) groups excluding carboxylic acids is 1. The lowest BCUT2D eigenvalue weighted by atomic mass is 10.2. The van der Waals surface area contributed by atoms with Crippen molar-refractivity contribution in [1.29, 1.82) is 0 Å². The number of thiophene rings is 1. The fraction of sp³-hybridized carbons (Fsp3) is 0.409. The van der Waals surface area contributed by atoms with Crippen molar-refractivity contribution in [3.63, 3.8) is 0 Å². The van der Waals surface area contributed by atoms with Gasteiger partial charge in [0.15, 0.2) is 5.16 Å². The van der Waals surface area contributed by atoms with E-state index in [-0.39, 0.29) is 17.2 Å². The first-order chi connectivity index (χ1) is 14.2. The molecule has 3 rings (SSSR count). The van der Waals surface area contributed by atoms with E-state index < -0.39 is 0 Å². The van der Waals surface area contributed by atoms with Gasteiger partial charge in [-0.3, -0.25) is 14.2 Å². The van der Waals surface area contributed by atoms with E-state index >= 15 is 0 Å². The molecule has 1 N–H and O–H groups in total. The number of nitrogens with zero attached hydrogens (tertiary/aromatic N) is 3. The van der Waals surface area contributed by atoms with Crippen LogP contribution < -0.4 is 15.8 Å². The standard InChI is InChI=1S/C22H28N4O2S2/c1-7-26(13(2)3)17-10-8-16(9-11-17)23-18(27)12-29-22-24-20-19(21(28)25(22)6)14(4)15(5)30-20/h8-11,13H,7,12H2,1-6H3,(H,23,27). The van der Waals surface area contributed by atoms with Crippen LogP contribution in [0.25, 0.3) is 10.2 Å². The van der Waals surface area contributed by atoms with E-state index in [1.807, 2.05) is 38.1 Å². The van der Waals surface area contributed by atoms with E-state index in [2.05, 4.69) is 36.0 Å². The van der Waals surface area contributed by atoms with Crippen LogP contribution >= 0.6 is 23.1 Å². The molecule has 160 valence electrons. The van der Waals surface area contributed by atoms with Gasteiger partial charge in [-0.25, -0.2) is 4.98 Å². The van der Waals surface area contributed by atoms with Crippen LogP contribution in [0.4, 0.5) is 11.4 Å². The maximum absolute atomic E-state index is 12.7. The second kappa shape index (κ2) is 9.22. The molecule has 8 heteroatoms. The SMILES string of the molecule is CCN(c1ccc(NC(=O)CSc2nc3sc(C)c(C)c3c(=O)n2C)cc1)C(C)C. The molecule has 0 aliphatic rings. The number of nitrogens with one attached hydrogen (secondary N) is 1. The number of carbonyl (C=O) groups is 1. The molecule has 0 radical (unpaired) electrons. The van der Waals surface area contributed by atoms with Gasteiger partial charge in [-0.15, -0.1) is 11.3 Å². The van der Waals surface area contributed by atoms with Crippen LogP contribution in [0.2, 0.25) is 0 Å².